The van der Waals surface area contributed by atoms with E-state index in [9.17, 15) is 0 Å². The van der Waals surface area contributed by atoms with E-state index in [1.165, 1.54) is 37.9 Å². The third-order valence-corrected chi connectivity index (χ3v) is 5.45. The molecule has 2 fully saturated rings. The second-order valence-electron chi connectivity index (χ2n) is 5.53. The van der Waals surface area contributed by atoms with Crippen molar-refractivity contribution in [2.24, 2.45) is 5.73 Å². The second-order valence-corrected chi connectivity index (χ2v) is 6.84. The lowest BCUT2D eigenvalue weighted by molar-refractivity contribution is 0.323. The molecule has 1 aromatic rings. The van der Waals surface area contributed by atoms with Crippen LogP contribution in [0.3, 0.4) is 0 Å². The summed E-state index contributed by atoms with van der Waals surface area (Å²) in [4.78, 5) is 4.61. The van der Waals surface area contributed by atoms with Crippen molar-refractivity contribution < 1.29 is 4.52 Å². The number of aromatic nitrogens is 2. The summed E-state index contributed by atoms with van der Waals surface area (Å²) >= 11 is 1.92. The van der Waals surface area contributed by atoms with Gasteiger partial charge in [-0.05, 0) is 31.4 Å². The van der Waals surface area contributed by atoms with E-state index >= 15 is 0 Å². The van der Waals surface area contributed by atoms with Crippen LogP contribution in [0.15, 0.2) is 4.52 Å². The van der Waals surface area contributed by atoms with Gasteiger partial charge >= 0.3 is 0 Å². The van der Waals surface area contributed by atoms with Crippen LogP contribution in [0.1, 0.15) is 68.3 Å². The highest BCUT2D eigenvalue weighted by molar-refractivity contribution is 7.99. The minimum Gasteiger partial charge on any atom is -0.338 e. The van der Waals surface area contributed by atoms with Gasteiger partial charge in [-0.2, -0.15) is 4.98 Å². The molecule has 1 atom stereocenters. The zero-order valence-electron chi connectivity index (χ0n) is 10.7. The Kier molecular flexibility index (Phi) is 3.61. The van der Waals surface area contributed by atoms with Gasteiger partial charge in [-0.25, -0.2) is 0 Å². The Labute approximate surface area is 112 Å². The minimum absolute atomic E-state index is 0.346. The maximum Gasteiger partial charge on any atom is 0.239 e. The smallest absolute Gasteiger partial charge is 0.239 e. The fraction of sp³-hybridized carbons (Fsp3) is 0.846. The number of hydrogen-bond donors (Lipinski definition) is 1. The summed E-state index contributed by atoms with van der Waals surface area (Å²) in [5.41, 5.74) is 6.15. The van der Waals surface area contributed by atoms with Crippen LogP contribution >= 0.6 is 11.8 Å². The first-order valence-electron chi connectivity index (χ1n) is 7.02. The summed E-state index contributed by atoms with van der Waals surface area (Å²) in [6, 6.07) is 0. The molecule has 1 unspecified atom stereocenters. The van der Waals surface area contributed by atoms with Crippen LogP contribution in [-0.4, -0.2) is 15.9 Å². The van der Waals surface area contributed by atoms with E-state index < -0.39 is 0 Å². The molecule has 2 aliphatic rings. The van der Waals surface area contributed by atoms with Crippen LogP contribution in [0.25, 0.3) is 0 Å². The van der Waals surface area contributed by atoms with Gasteiger partial charge in [0.1, 0.15) is 0 Å². The molecule has 2 heterocycles. The Morgan fingerprint density at radius 2 is 1.94 bits per heavy atom. The van der Waals surface area contributed by atoms with Crippen LogP contribution in [-0.2, 0) is 5.54 Å². The van der Waals surface area contributed by atoms with Gasteiger partial charge in [-0.15, -0.1) is 11.8 Å². The Hall–Kier alpha value is -0.550. The summed E-state index contributed by atoms with van der Waals surface area (Å²) in [6.07, 6.45) is 9.31. The SMILES string of the molecule is NC1(c2noc(C3CCCS3)n2)CCCCCC1. The monoisotopic (exact) mass is 267 g/mol. The third-order valence-electron chi connectivity index (χ3n) is 4.09. The standard InChI is InChI=1S/C13H21N3OS/c14-13(7-3-1-2-4-8-13)12-15-11(17-16-12)10-6-5-9-18-10/h10H,1-9,14H2. The van der Waals surface area contributed by atoms with Crippen molar-refractivity contribution in [2.45, 2.75) is 62.2 Å². The maximum absolute atomic E-state index is 6.50. The maximum atomic E-state index is 6.50. The van der Waals surface area contributed by atoms with Crippen LogP contribution in [0.4, 0.5) is 0 Å². The van der Waals surface area contributed by atoms with Gasteiger partial charge in [0.2, 0.25) is 5.89 Å². The van der Waals surface area contributed by atoms with Gasteiger partial charge in [-0.3, -0.25) is 0 Å². The molecule has 0 radical (unpaired) electrons. The summed E-state index contributed by atoms with van der Waals surface area (Å²) in [5, 5.41) is 4.58. The van der Waals surface area contributed by atoms with Gasteiger partial charge in [0.15, 0.2) is 5.82 Å². The zero-order chi connectivity index (χ0) is 12.4. The summed E-state index contributed by atoms with van der Waals surface area (Å²) in [5.74, 6) is 2.74. The molecule has 5 heteroatoms. The van der Waals surface area contributed by atoms with Gasteiger partial charge in [0, 0.05) is 0 Å². The molecular weight excluding hydrogens is 246 g/mol. The fourth-order valence-corrected chi connectivity index (χ4v) is 4.11. The number of nitrogens with two attached hydrogens (primary N) is 1. The molecule has 3 rings (SSSR count). The van der Waals surface area contributed by atoms with E-state index in [4.69, 9.17) is 10.3 Å². The van der Waals surface area contributed by atoms with Crippen LogP contribution in [0.5, 0.6) is 0 Å². The molecule has 1 aliphatic heterocycles. The highest BCUT2D eigenvalue weighted by atomic mass is 32.2. The first-order valence-corrected chi connectivity index (χ1v) is 8.07. The molecule has 1 aromatic heterocycles. The average Bonchev–Trinajstić information content (AvgIpc) is 3.00. The van der Waals surface area contributed by atoms with Crippen LogP contribution in [0, 0.1) is 0 Å². The summed E-state index contributed by atoms with van der Waals surface area (Å²) in [6.45, 7) is 0. The Bertz CT molecular complexity index is 393. The van der Waals surface area contributed by atoms with Crippen molar-refractivity contribution in [3.05, 3.63) is 11.7 Å². The molecule has 0 bridgehead atoms. The molecule has 0 amide bonds. The Balaban J connectivity index is 1.78. The number of nitrogens with zero attached hydrogens (tertiary/aromatic N) is 2. The molecule has 1 saturated carbocycles. The normalized spacial score (nSPS) is 28.2. The molecule has 0 aromatic carbocycles. The van der Waals surface area contributed by atoms with Crippen molar-refractivity contribution in [1.29, 1.82) is 0 Å². The van der Waals surface area contributed by atoms with Crippen molar-refractivity contribution in [3.8, 4) is 0 Å². The summed E-state index contributed by atoms with van der Waals surface area (Å²) < 4.78 is 5.45. The molecule has 18 heavy (non-hydrogen) atoms. The first kappa shape index (κ1) is 12.5. The zero-order valence-corrected chi connectivity index (χ0v) is 11.5. The topological polar surface area (TPSA) is 64.9 Å². The van der Waals surface area contributed by atoms with Crippen LogP contribution < -0.4 is 5.73 Å². The molecule has 1 saturated heterocycles. The predicted molar refractivity (Wildman–Crippen MR) is 72.3 cm³/mol. The second kappa shape index (κ2) is 5.21. The summed E-state index contributed by atoms with van der Waals surface area (Å²) in [7, 11) is 0. The van der Waals surface area contributed by atoms with E-state index in [1.54, 1.807) is 0 Å². The number of thioether (sulfide) groups is 1. The molecule has 4 nitrogen and oxygen atoms in total. The Morgan fingerprint density at radius 1 is 1.17 bits per heavy atom. The van der Waals surface area contributed by atoms with Crippen molar-refractivity contribution in [2.75, 3.05) is 5.75 Å². The highest BCUT2D eigenvalue weighted by Gasteiger charge is 2.34. The lowest BCUT2D eigenvalue weighted by atomic mass is 9.91. The van der Waals surface area contributed by atoms with E-state index in [-0.39, 0.29) is 5.54 Å². The van der Waals surface area contributed by atoms with Gasteiger partial charge < -0.3 is 10.3 Å². The first-order chi connectivity index (χ1) is 8.78. The quantitative estimate of drug-likeness (QED) is 0.834. The molecular formula is C13H21N3OS. The highest BCUT2D eigenvalue weighted by Crippen LogP contribution is 2.40. The van der Waals surface area contributed by atoms with E-state index in [0.717, 1.165) is 31.0 Å². The van der Waals surface area contributed by atoms with Crippen molar-refractivity contribution in [1.82, 2.24) is 10.1 Å². The molecule has 2 N–H and O–H groups in total. The lowest BCUT2D eigenvalue weighted by Gasteiger charge is -2.23. The van der Waals surface area contributed by atoms with Gasteiger partial charge in [0.25, 0.3) is 0 Å². The largest absolute Gasteiger partial charge is 0.338 e. The van der Waals surface area contributed by atoms with Gasteiger partial charge in [0.05, 0.1) is 10.8 Å². The fourth-order valence-electron chi connectivity index (χ4n) is 2.92. The van der Waals surface area contributed by atoms with Gasteiger partial charge in [-0.1, -0.05) is 30.8 Å². The minimum atomic E-state index is -0.346. The van der Waals surface area contributed by atoms with E-state index in [1.807, 2.05) is 11.8 Å². The predicted octanol–water partition coefficient (Wildman–Crippen LogP) is 3.15. The Morgan fingerprint density at radius 3 is 2.61 bits per heavy atom. The molecule has 0 spiro atoms. The molecule has 1 aliphatic carbocycles. The van der Waals surface area contributed by atoms with Crippen molar-refractivity contribution in [3.63, 3.8) is 0 Å². The number of hydrogen-bond acceptors (Lipinski definition) is 5. The van der Waals surface area contributed by atoms with Crippen LogP contribution in [0.2, 0.25) is 0 Å². The lowest BCUT2D eigenvalue weighted by Crippen LogP contribution is -2.37. The molecule has 100 valence electrons. The van der Waals surface area contributed by atoms with E-state index in [2.05, 4.69) is 10.1 Å². The van der Waals surface area contributed by atoms with E-state index in [0.29, 0.717) is 5.25 Å². The van der Waals surface area contributed by atoms with Crippen molar-refractivity contribution >= 4 is 11.8 Å². The third kappa shape index (κ3) is 2.43. The average molecular weight is 267 g/mol. The number of rotatable bonds is 2.